The summed E-state index contributed by atoms with van der Waals surface area (Å²) in [6, 6.07) is 12.9. The minimum absolute atomic E-state index is 0. The third kappa shape index (κ3) is 11.9. The molecule has 0 bridgehead atoms. The largest absolute Gasteiger partial charge is 0.396 e. The van der Waals surface area contributed by atoms with Crippen molar-refractivity contribution in [2.45, 2.75) is 34.6 Å². The minimum atomic E-state index is -0.550. The second-order valence-electron chi connectivity index (χ2n) is 6.00. The van der Waals surface area contributed by atoms with Crippen LogP contribution in [0, 0.1) is 6.92 Å². The average Bonchev–Trinajstić information content (AvgIpc) is 3.22. The number of hydrogen-bond acceptors (Lipinski definition) is 7. The predicted molar refractivity (Wildman–Crippen MR) is 143 cm³/mol. The molecule has 0 atom stereocenters. The smallest absolute Gasteiger partial charge is 0.346 e. The molecule has 7 nitrogen and oxygen atoms in total. The average molecular weight is 920 g/mol. The van der Waals surface area contributed by atoms with E-state index in [0.717, 1.165) is 0 Å². The molecular weight excluding hydrogens is 894 g/mol. The molecule has 0 unspecified atom stereocenters. The minimum Gasteiger partial charge on any atom is -0.396 e. The van der Waals surface area contributed by atoms with Crippen LogP contribution in [0.15, 0.2) is 48.5 Å². The molecule has 2 N–H and O–H groups in total. The molecule has 0 saturated heterocycles. The van der Waals surface area contributed by atoms with E-state index >= 15 is 0 Å². The normalized spacial score (nSPS) is 9.79. The summed E-state index contributed by atoms with van der Waals surface area (Å²) in [7, 11) is 0. The molecular formula is C26H25Cl3N2O5W2-2. The summed E-state index contributed by atoms with van der Waals surface area (Å²) in [4.78, 5) is 45.7. The van der Waals surface area contributed by atoms with Crippen LogP contribution in [-0.4, -0.2) is 29.5 Å². The van der Waals surface area contributed by atoms with E-state index in [1.165, 1.54) is 12.1 Å². The van der Waals surface area contributed by atoms with Crippen LogP contribution in [0.2, 0.25) is 15.2 Å². The van der Waals surface area contributed by atoms with Crippen molar-refractivity contribution in [3.8, 4) is 0 Å². The molecule has 4 rings (SSSR count). The SMILES string of the molecule is CC.CC.Cc1nc(Cl)c(Cl)c(N)c1Cl.O=C1OC(=O)c2ccccc21.O=[C-]c1ccccc1[C-]=O.[W].[W]. The first-order chi connectivity index (χ1) is 17.2. The van der Waals surface area contributed by atoms with Gasteiger partial charge in [0.25, 0.3) is 0 Å². The zero-order chi connectivity index (χ0) is 27.8. The maximum atomic E-state index is 10.8. The van der Waals surface area contributed by atoms with E-state index in [1.807, 2.05) is 27.7 Å². The van der Waals surface area contributed by atoms with Gasteiger partial charge in [0.15, 0.2) is 0 Å². The van der Waals surface area contributed by atoms with Gasteiger partial charge < -0.3 is 20.1 Å². The summed E-state index contributed by atoms with van der Waals surface area (Å²) in [6.45, 7) is 9.71. The van der Waals surface area contributed by atoms with Crippen LogP contribution in [0.1, 0.15) is 65.2 Å². The van der Waals surface area contributed by atoms with E-state index in [9.17, 15) is 19.2 Å². The fourth-order valence-electron chi connectivity index (χ4n) is 2.34. The number of rotatable bonds is 2. The van der Waals surface area contributed by atoms with Gasteiger partial charge in [-0.3, -0.25) is 11.1 Å². The Balaban J connectivity index is -0.000000443. The summed E-state index contributed by atoms with van der Waals surface area (Å²) in [6.07, 6.45) is 3.27. The van der Waals surface area contributed by atoms with Crippen molar-refractivity contribution in [3.05, 3.63) is 91.7 Å². The second-order valence-corrected chi connectivity index (χ2v) is 7.12. The van der Waals surface area contributed by atoms with E-state index in [0.29, 0.717) is 21.8 Å². The van der Waals surface area contributed by atoms with Gasteiger partial charge in [0.05, 0.1) is 27.5 Å². The first kappa shape index (κ1) is 40.6. The number of cyclic esters (lactones) is 2. The molecule has 12 heteroatoms. The second kappa shape index (κ2) is 22.0. The number of halogens is 3. The number of carbonyl (C=O) groups excluding carboxylic acids is 4. The van der Waals surface area contributed by atoms with E-state index in [-0.39, 0.29) is 69.1 Å². The number of aromatic nitrogens is 1. The Bertz CT molecular complexity index is 1130. The van der Waals surface area contributed by atoms with Crippen LogP contribution in [0.25, 0.3) is 0 Å². The van der Waals surface area contributed by atoms with Gasteiger partial charge in [0, 0.05) is 42.1 Å². The fraction of sp³-hybridized carbons (Fsp3) is 0.192. The summed E-state index contributed by atoms with van der Waals surface area (Å²) in [5.41, 5.74) is 7.60. The van der Waals surface area contributed by atoms with Crippen LogP contribution >= 0.6 is 34.8 Å². The van der Waals surface area contributed by atoms with Crippen molar-refractivity contribution in [1.82, 2.24) is 4.98 Å². The Hall–Kier alpha value is -1.88. The number of hydrogen-bond donors (Lipinski definition) is 1. The quantitative estimate of drug-likeness (QED) is 0.134. The van der Waals surface area contributed by atoms with Gasteiger partial charge in [-0.1, -0.05) is 74.6 Å². The summed E-state index contributed by atoms with van der Waals surface area (Å²) in [5, 5.41) is 0.757. The Morgan fingerprint density at radius 2 is 1.11 bits per heavy atom. The molecule has 38 heavy (non-hydrogen) atoms. The molecule has 0 aliphatic carbocycles. The molecule has 0 fully saturated rings. The van der Waals surface area contributed by atoms with Gasteiger partial charge in [-0.15, -0.1) is 12.1 Å². The van der Waals surface area contributed by atoms with Gasteiger partial charge in [-0.2, -0.15) is 0 Å². The number of nitrogens with two attached hydrogens (primary N) is 1. The number of benzene rings is 2. The molecule has 1 aliphatic heterocycles. The van der Waals surface area contributed by atoms with E-state index in [2.05, 4.69) is 9.72 Å². The third-order valence-corrected chi connectivity index (χ3v) is 5.17. The third-order valence-electron chi connectivity index (χ3n) is 3.94. The molecule has 3 aromatic rings. The summed E-state index contributed by atoms with van der Waals surface area (Å²) < 4.78 is 4.35. The predicted octanol–water partition coefficient (Wildman–Crippen LogP) is 6.58. The Morgan fingerprint density at radius 1 is 0.737 bits per heavy atom. The molecule has 204 valence electrons. The molecule has 2 heterocycles. The Morgan fingerprint density at radius 3 is 1.47 bits per heavy atom. The molecule has 0 radical (unpaired) electrons. The first-order valence-electron chi connectivity index (χ1n) is 10.7. The number of aryl methyl sites for hydroxylation is 1. The molecule has 0 saturated carbocycles. The molecule has 0 amide bonds. The number of esters is 2. The van der Waals surface area contributed by atoms with Crippen molar-refractivity contribution in [1.29, 1.82) is 0 Å². The fourth-order valence-corrected chi connectivity index (χ4v) is 2.89. The van der Waals surface area contributed by atoms with Crippen molar-refractivity contribution in [2.24, 2.45) is 0 Å². The number of nitrogen functional groups attached to an aromatic ring is 1. The van der Waals surface area contributed by atoms with Gasteiger partial charge >= 0.3 is 11.9 Å². The first-order valence-corrected chi connectivity index (χ1v) is 11.8. The van der Waals surface area contributed by atoms with Gasteiger partial charge in [0.1, 0.15) is 10.2 Å². The van der Waals surface area contributed by atoms with Crippen molar-refractivity contribution in [3.63, 3.8) is 0 Å². The number of anilines is 1. The van der Waals surface area contributed by atoms with Crippen LogP contribution in [0.3, 0.4) is 0 Å². The van der Waals surface area contributed by atoms with Gasteiger partial charge in [-0.05, 0) is 31.6 Å². The Labute approximate surface area is 266 Å². The van der Waals surface area contributed by atoms with Crippen molar-refractivity contribution >= 4 is 65.0 Å². The van der Waals surface area contributed by atoms with Crippen molar-refractivity contribution < 1.29 is 66.0 Å². The van der Waals surface area contributed by atoms with Gasteiger partial charge in [-0.25, -0.2) is 26.7 Å². The maximum Gasteiger partial charge on any atom is 0.346 e. The monoisotopic (exact) mass is 918 g/mol. The zero-order valence-electron chi connectivity index (χ0n) is 21.1. The van der Waals surface area contributed by atoms with Crippen molar-refractivity contribution in [2.75, 3.05) is 5.73 Å². The van der Waals surface area contributed by atoms with E-state index < -0.39 is 11.9 Å². The Kier molecular flexibility index (Phi) is 23.5. The standard InChI is InChI=1S/C8H4O3.C8H4O2.C6H5Cl3N2.2C2H6.2W/c9-7-5-3-1-2-4-6(5)8(10)11-7;9-5-7-3-1-2-4-8(7)6-10;1-2-3(7)5(10)4(8)6(9)11-2;2*1-2;;/h1-4H;1-4H;1H3,(H2,10,11);2*1-2H3;;/q;-2;;;;;. The number of ether oxygens (including phenoxy) is 1. The van der Waals surface area contributed by atoms with Crippen LogP contribution in [0.5, 0.6) is 0 Å². The maximum absolute atomic E-state index is 10.8. The topological polar surface area (TPSA) is 116 Å². The van der Waals surface area contributed by atoms with Gasteiger partial charge in [0.2, 0.25) is 0 Å². The number of carbonyl (C=O) groups is 2. The summed E-state index contributed by atoms with van der Waals surface area (Å²) in [5.74, 6) is -1.10. The van der Waals surface area contributed by atoms with Crippen LogP contribution < -0.4 is 5.73 Å². The van der Waals surface area contributed by atoms with E-state index in [4.69, 9.17) is 40.5 Å². The number of pyridine rings is 1. The number of fused-ring (bicyclic) bond motifs is 1. The molecule has 2 aromatic carbocycles. The summed E-state index contributed by atoms with van der Waals surface area (Å²) >= 11 is 17.0. The van der Waals surface area contributed by atoms with E-state index in [1.54, 1.807) is 55.9 Å². The number of nitrogens with zero attached hydrogens (tertiary/aromatic N) is 1. The zero-order valence-corrected chi connectivity index (χ0v) is 29.3. The molecule has 0 spiro atoms. The molecule has 1 aliphatic rings. The van der Waals surface area contributed by atoms with Crippen LogP contribution in [-0.2, 0) is 56.5 Å². The van der Waals surface area contributed by atoms with Crippen LogP contribution in [0.4, 0.5) is 5.69 Å². The molecule has 1 aromatic heterocycles.